The number of hydrogen-bond donors (Lipinski definition) is 1. The lowest BCUT2D eigenvalue weighted by Gasteiger charge is -2.13. The van der Waals surface area contributed by atoms with Gasteiger partial charge in [0.05, 0.1) is 0 Å². The van der Waals surface area contributed by atoms with Gasteiger partial charge in [0.15, 0.2) is 0 Å². The maximum absolute atomic E-state index is 13.9. The van der Waals surface area contributed by atoms with Crippen LogP contribution in [0.25, 0.3) is 11.1 Å². The summed E-state index contributed by atoms with van der Waals surface area (Å²) in [4.78, 5) is 1.12. The van der Waals surface area contributed by atoms with Crippen molar-refractivity contribution in [3.05, 3.63) is 54.3 Å². The van der Waals surface area contributed by atoms with Gasteiger partial charge in [0, 0.05) is 10.5 Å². The molecule has 1 unspecified atom stereocenters. The van der Waals surface area contributed by atoms with Gasteiger partial charge in [-0.2, -0.15) is 0 Å². The van der Waals surface area contributed by atoms with Gasteiger partial charge < -0.3 is 0 Å². The Morgan fingerprint density at radius 3 is 2.22 bits per heavy atom. The van der Waals surface area contributed by atoms with Crippen molar-refractivity contribution in [2.75, 3.05) is 7.05 Å². The summed E-state index contributed by atoms with van der Waals surface area (Å²) >= 11 is 0. The van der Waals surface area contributed by atoms with Gasteiger partial charge in [-0.1, -0.05) is 47.1 Å². The molecule has 18 heavy (non-hydrogen) atoms. The summed E-state index contributed by atoms with van der Waals surface area (Å²) in [6.07, 6.45) is 0. The number of halogens is 1. The predicted octanol–water partition coefficient (Wildman–Crippen LogP) is 4.08. The molecule has 0 aliphatic carbocycles. The molecule has 3 heteroatoms. The monoisotopic (exact) mass is 261 g/mol. The normalized spacial score (nSPS) is 12.6. The minimum atomic E-state index is -0.180. The summed E-state index contributed by atoms with van der Waals surface area (Å²) in [7, 11) is 1.75. The first-order valence-corrected chi connectivity index (χ1v) is 7.10. The van der Waals surface area contributed by atoms with Gasteiger partial charge in [-0.25, -0.2) is 4.39 Å². The smallest absolute Gasteiger partial charge is 0.131 e. The number of benzene rings is 2. The quantitative estimate of drug-likeness (QED) is 0.821. The van der Waals surface area contributed by atoms with Crippen LogP contribution in [0.1, 0.15) is 6.92 Å². The van der Waals surface area contributed by atoms with Gasteiger partial charge in [0.25, 0.3) is 0 Å². The Hall–Kier alpha value is -1.45. The van der Waals surface area contributed by atoms with Crippen LogP contribution in [-0.2, 0) is 0 Å². The fourth-order valence-corrected chi connectivity index (χ4v) is 3.26. The molecule has 0 saturated heterocycles. The highest BCUT2D eigenvalue weighted by molar-refractivity contribution is 8.13. The third-order valence-corrected chi connectivity index (χ3v) is 4.48. The zero-order chi connectivity index (χ0) is 13.0. The Morgan fingerprint density at radius 2 is 1.61 bits per heavy atom. The zero-order valence-corrected chi connectivity index (χ0v) is 11.3. The van der Waals surface area contributed by atoms with E-state index >= 15 is 0 Å². The number of rotatable bonds is 3. The third-order valence-electron chi connectivity index (χ3n) is 2.74. The summed E-state index contributed by atoms with van der Waals surface area (Å²) < 4.78 is 17.1. The van der Waals surface area contributed by atoms with Crippen LogP contribution in [-0.4, -0.2) is 12.4 Å². The van der Waals surface area contributed by atoms with E-state index in [1.807, 2.05) is 50.4 Å². The van der Waals surface area contributed by atoms with Gasteiger partial charge in [-0.3, -0.25) is 4.72 Å². The van der Waals surface area contributed by atoms with Crippen molar-refractivity contribution < 1.29 is 4.39 Å². The first-order valence-electron chi connectivity index (χ1n) is 5.81. The number of hydrogen-bond acceptors (Lipinski definition) is 1. The molecule has 0 aliphatic heterocycles. The van der Waals surface area contributed by atoms with Crippen LogP contribution in [0.15, 0.2) is 53.4 Å². The van der Waals surface area contributed by atoms with Crippen LogP contribution in [0.5, 0.6) is 0 Å². The van der Waals surface area contributed by atoms with Gasteiger partial charge in [0.1, 0.15) is 5.82 Å². The lowest BCUT2D eigenvalue weighted by Crippen LogP contribution is -1.99. The van der Waals surface area contributed by atoms with E-state index in [4.69, 9.17) is 0 Å². The SMILES string of the molecule is C/C=S(\NC)c1ccccc1-c1ccccc1F. The van der Waals surface area contributed by atoms with Crippen molar-refractivity contribution in [3.63, 3.8) is 0 Å². The highest BCUT2D eigenvalue weighted by atomic mass is 32.2. The van der Waals surface area contributed by atoms with E-state index in [1.165, 1.54) is 6.07 Å². The molecule has 1 nitrogen and oxygen atoms in total. The maximum Gasteiger partial charge on any atom is 0.131 e. The van der Waals surface area contributed by atoms with E-state index in [1.54, 1.807) is 6.07 Å². The van der Waals surface area contributed by atoms with Crippen molar-refractivity contribution in [1.29, 1.82) is 0 Å². The molecule has 0 heterocycles. The molecule has 0 fully saturated rings. The van der Waals surface area contributed by atoms with Gasteiger partial charge in [-0.15, -0.1) is 0 Å². The van der Waals surface area contributed by atoms with E-state index in [2.05, 4.69) is 10.1 Å². The molecule has 0 bridgehead atoms. The van der Waals surface area contributed by atoms with Crippen molar-refractivity contribution in [3.8, 4) is 11.1 Å². The summed E-state index contributed by atoms with van der Waals surface area (Å²) in [5.41, 5.74) is 1.61. The van der Waals surface area contributed by atoms with E-state index in [0.717, 1.165) is 10.5 Å². The van der Waals surface area contributed by atoms with Crippen LogP contribution in [0.2, 0.25) is 0 Å². The highest BCUT2D eigenvalue weighted by Crippen LogP contribution is 2.34. The molecular weight excluding hydrogens is 245 g/mol. The van der Waals surface area contributed by atoms with E-state index in [-0.39, 0.29) is 16.5 Å². The second-order valence-corrected chi connectivity index (χ2v) is 5.75. The molecule has 0 aromatic heterocycles. The first-order chi connectivity index (χ1) is 8.77. The lowest BCUT2D eigenvalue weighted by molar-refractivity contribution is 0.631. The van der Waals surface area contributed by atoms with Crippen LogP contribution in [0, 0.1) is 5.82 Å². The van der Waals surface area contributed by atoms with Crippen LogP contribution in [0.3, 0.4) is 0 Å². The average molecular weight is 261 g/mol. The van der Waals surface area contributed by atoms with E-state index < -0.39 is 0 Å². The van der Waals surface area contributed by atoms with Crippen molar-refractivity contribution in [1.82, 2.24) is 4.72 Å². The fourth-order valence-electron chi connectivity index (χ4n) is 1.92. The largest absolute Gasteiger partial charge is 0.269 e. The molecule has 2 rings (SSSR count). The van der Waals surface area contributed by atoms with Crippen molar-refractivity contribution in [2.24, 2.45) is 0 Å². The Labute approximate surface area is 110 Å². The van der Waals surface area contributed by atoms with Crippen molar-refractivity contribution in [2.45, 2.75) is 11.8 Å². The van der Waals surface area contributed by atoms with E-state index in [9.17, 15) is 4.39 Å². The molecule has 94 valence electrons. The van der Waals surface area contributed by atoms with Crippen LogP contribution >= 0.6 is 10.7 Å². The van der Waals surface area contributed by atoms with Crippen LogP contribution in [0.4, 0.5) is 4.39 Å². The van der Waals surface area contributed by atoms with Gasteiger partial charge in [-0.05, 0) is 37.0 Å². The minimum absolute atomic E-state index is 0.164. The van der Waals surface area contributed by atoms with Gasteiger partial charge in [0.2, 0.25) is 0 Å². The molecule has 0 amide bonds. The topological polar surface area (TPSA) is 12.0 Å². The summed E-state index contributed by atoms with van der Waals surface area (Å²) in [6, 6.07) is 14.8. The molecule has 0 aliphatic rings. The molecule has 0 spiro atoms. The Morgan fingerprint density at radius 1 is 1.00 bits per heavy atom. The Bertz CT molecular complexity index is 578. The third kappa shape index (κ3) is 2.52. The maximum atomic E-state index is 13.9. The molecule has 1 N–H and O–H groups in total. The molecule has 0 saturated carbocycles. The summed E-state index contributed by atoms with van der Waals surface area (Å²) in [5, 5.41) is 2.10. The summed E-state index contributed by atoms with van der Waals surface area (Å²) in [6.45, 7) is 2.01. The first kappa shape index (κ1) is 13.0. The molecule has 2 aromatic carbocycles. The lowest BCUT2D eigenvalue weighted by atomic mass is 10.1. The second kappa shape index (κ2) is 5.94. The molecule has 0 radical (unpaired) electrons. The van der Waals surface area contributed by atoms with Crippen molar-refractivity contribution >= 4 is 16.0 Å². The van der Waals surface area contributed by atoms with E-state index in [0.29, 0.717) is 5.56 Å². The second-order valence-electron chi connectivity index (χ2n) is 3.75. The number of nitrogens with one attached hydrogen (secondary N) is 1. The standard InChI is InChI=1S/C15H16FNS/c1-3-18(17-2)15-11-7-5-9-13(15)12-8-4-6-10-14(12)16/h3-11,17H,1-2H3. The average Bonchev–Trinajstić information content (AvgIpc) is 2.41. The Balaban J connectivity index is 2.62. The molecule has 1 atom stereocenters. The molecular formula is C15H16FNS. The molecule has 2 aromatic rings. The Kier molecular flexibility index (Phi) is 4.28. The zero-order valence-electron chi connectivity index (χ0n) is 10.5. The van der Waals surface area contributed by atoms with Crippen LogP contribution < -0.4 is 4.72 Å². The fraction of sp³-hybridized carbons (Fsp3) is 0.133. The minimum Gasteiger partial charge on any atom is -0.269 e. The predicted molar refractivity (Wildman–Crippen MR) is 78.5 cm³/mol. The highest BCUT2D eigenvalue weighted by Gasteiger charge is 2.10. The van der Waals surface area contributed by atoms with Gasteiger partial charge >= 0.3 is 0 Å². The summed E-state index contributed by atoms with van der Waals surface area (Å²) in [5.74, 6) is -0.180.